The summed E-state index contributed by atoms with van der Waals surface area (Å²) in [6, 6.07) is 13.8. The van der Waals surface area contributed by atoms with Crippen molar-refractivity contribution < 1.29 is 13.6 Å². The second-order valence-corrected chi connectivity index (χ2v) is 8.24. The Kier molecular flexibility index (Phi) is 4.68. The summed E-state index contributed by atoms with van der Waals surface area (Å²) in [6.45, 7) is 0.503. The van der Waals surface area contributed by atoms with Crippen LogP contribution in [0.3, 0.4) is 0 Å². The number of nitrogens with one attached hydrogen (secondary N) is 1. The molecule has 0 saturated heterocycles. The molecule has 0 bridgehead atoms. The number of amides is 1. The van der Waals surface area contributed by atoms with Gasteiger partial charge in [-0.3, -0.25) is 9.59 Å². The van der Waals surface area contributed by atoms with Crippen molar-refractivity contribution in [3.05, 3.63) is 98.7 Å². The van der Waals surface area contributed by atoms with Crippen molar-refractivity contribution in [2.24, 2.45) is 0 Å². The highest BCUT2D eigenvalue weighted by molar-refractivity contribution is 5.79. The van der Waals surface area contributed by atoms with Gasteiger partial charge in [-0.15, -0.1) is 0 Å². The maximum absolute atomic E-state index is 13.9. The van der Waals surface area contributed by atoms with E-state index in [0.717, 1.165) is 24.5 Å². The number of hydrogen-bond donors (Lipinski definition) is 1. The summed E-state index contributed by atoms with van der Waals surface area (Å²) < 4.78 is 27.4. The fourth-order valence-corrected chi connectivity index (χ4v) is 4.37. The van der Waals surface area contributed by atoms with Gasteiger partial charge in [0.15, 0.2) is 11.6 Å². The van der Waals surface area contributed by atoms with Gasteiger partial charge in [0.1, 0.15) is 5.82 Å². The van der Waals surface area contributed by atoms with E-state index in [1.165, 1.54) is 17.0 Å². The van der Waals surface area contributed by atoms with Gasteiger partial charge in [-0.2, -0.15) is 0 Å². The number of hydrogen-bond acceptors (Lipinski definition) is 3. The predicted octanol–water partition coefficient (Wildman–Crippen LogP) is 3.26. The summed E-state index contributed by atoms with van der Waals surface area (Å²) in [6.07, 6.45) is 2.07. The lowest BCUT2D eigenvalue weighted by molar-refractivity contribution is -0.131. The topological polar surface area (TPSA) is 66.1 Å². The zero-order chi connectivity index (χ0) is 21.6. The van der Waals surface area contributed by atoms with Gasteiger partial charge in [-0.25, -0.2) is 13.8 Å². The predicted molar refractivity (Wildman–Crippen MR) is 110 cm³/mol. The molecule has 0 spiro atoms. The van der Waals surface area contributed by atoms with E-state index in [-0.39, 0.29) is 35.4 Å². The average molecular weight is 421 g/mol. The van der Waals surface area contributed by atoms with Gasteiger partial charge >= 0.3 is 0 Å². The molecule has 1 amide bonds. The maximum atomic E-state index is 13.9. The van der Waals surface area contributed by atoms with Crippen LogP contribution in [0.15, 0.2) is 53.3 Å². The Labute approximate surface area is 177 Å². The van der Waals surface area contributed by atoms with Crippen LogP contribution < -0.4 is 5.56 Å². The van der Waals surface area contributed by atoms with Crippen molar-refractivity contribution in [3.63, 3.8) is 0 Å². The molecule has 7 heteroatoms. The van der Waals surface area contributed by atoms with Gasteiger partial charge < -0.3 is 9.88 Å². The van der Waals surface area contributed by atoms with E-state index in [2.05, 4.69) is 17.1 Å². The van der Waals surface area contributed by atoms with E-state index in [1.807, 2.05) is 18.2 Å². The van der Waals surface area contributed by atoms with E-state index in [4.69, 9.17) is 4.98 Å². The third kappa shape index (κ3) is 3.44. The summed E-state index contributed by atoms with van der Waals surface area (Å²) >= 11 is 0. The third-order valence-corrected chi connectivity index (χ3v) is 6.32. The maximum Gasteiger partial charge on any atom is 0.256 e. The Hall–Kier alpha value is -3.35. The van der Waals surface area contributed by atoms with E-state index >= 15 is 0 Å². The first-order chi connectivity index (χ1) is 15.0. The largest absolute Gasteiger partial charge is 0.337 e. The zero-order valence-corrected chi connectivity index (χ0v) is 16.8. The average Bonchev–Trinajstić information content (AvgIpc) is 3.59. The second kappa shape index (κ2) is 7.41. The fourth-order valence-electron chi connectivity index (χ4n) is 4.37. The van der Waals surface area contributed by atoms with E-state index in [1.54, 1.807) is 0 Å². The molecule has 0 unspecified atom stereocenters. The number of carbonyl (C=O) groups is 1. The molecule has 1 aliphatic heterocycles. The molecule has 1 aliphatic carbocycles. The van der Waals surface area contributed by atoms with Crippen LogP contribution in [0.25, 0.3) is 0 Å². The summed E-state index contributed by atoms with van der Waals surface area (Å²) in [5, 5.41) is 0. The number of H-pyrrole nitrogens is 1. The molecule has 1 fully saturated rings. The number of fused-ring (bicyclic) bond motifs is 1. The van der Waals surface area contributed by atoms with E-state index < -0.39 is 11.6 Å². The van der Waals surface area contributed by atoms with Gasteiger partial charge in [0.2, 0.25) is 5.91 Å². The number of nitrogens with zero attached hydrogens (tertiary/aromatic N) is 2. The van der Waals surface area contributed by atoms with Crippen LogP contribution >= 0.6 is 0 Å². The van der Waals surface area contributed by atoms with Gasteiger partial charge in [0.25, 0.3) is 5.56 Å². The molecule has 0 radical (unpaired) electrons. The standard InChI is InChI=1S/C24H21F2N3O2/c25-18-8-4-5-15(21(18)26)13-20(30)29-12-9-19-17(14-29)22(31)28-23(27-19)24(10-11-24)16-6-2-1-3-7-16/h1-8H,9-14H2,(H,27,28,31). The van der Waals surface area contributed by atoms with Crippen LogP contribution in [0.2, 0.25) is 0 Å². The fraction of sp³-hybridized carbons (Fsp3) is 0.292. The molecule has 31 heavy (non-hydrogen) atoms. The number of aromatic amines is 1. The monoisotopic (exact) mass is 421 g/mol. The first kappa shape index (κ1) is 19.6. The quantitative estimate of drug-likeness (QED) is 0.703. The first-order valence-corrected chi connectivity index (χ1v) is 10.4. The Bertz CT molecular complexity index is 1220. The van der Waals surface area contributed by atoms with E-state index in [0.29, 0.717) is 30.0 Å². The molecule has 2 heterocycles. The molecule has 1 saturated carbocycles. The van der Waals surface area contributed by atoms with Crippen molar-refractivity contribution in [2.75, 3.05) is 6.54 Å². The number of halogens is 2. The minimum Gasteiger partial charge on any atom is -0.337 e. The number of rotatable bonds is 4. The smallest absolute Gasteiger partial charge is 0.256 e. The van der Waals surface area contributed by atoms with Gasteiger partial charge in [-0.05, 0) is 24.5 Å². The van der Waals surface area contributed by atoms with Crippen molar-refractivity contribution in [1.82, 2.24) is 14.9 Å². The molecule has 3 aromatic rings. The Morgan fingerprint density at radius 3 is 2.61 bits per heavy atom. The third-order valence-electron chi connectivity index (χ3n) is 6.32. The summed E-state index contributed by atoms with van der Waals surface area (Å²) in [5.74, 6) is -1.64. The second-order valence-electron chi connectivity index (χ2n) is 8.24. The van der Waals surface area contributed by atoms with Crippen molar-refractivity contribution in [3.8, 4) is 0 Å². The van der Waals surface area contributed by atoms with Crippen LogP contribution in [0.4, 0.5) is 8.78 Å². The highest BCUT2D eigenvalue weighted by atomic mass is 19.2. The normalized spacial score (nSPS) is 16.6. The first-order valence-electron chi connectivity index (χ1n) is 10.4. The number of benzene rings is 2. The van der Waals surface area contributed by atoms with Crippen molar-refractivity contribution >= 4 is 5.91 Å². The summed E-state index contributed by atoms with van der Waals surface area (Å²) in [5.41, 5.74) is 1.85. The SMILES string of the molecule is O=C(Cc1cccc(F)c1F)N1CCc2nc(C3(c4ccccc4)CC3)[nH]c(=O)c2C1. The molecule has 0 atom stereocenters. The van der Waals surface area contributed by atoms with Crippen molar-refractivity contribution in [2.45, 2.75) is 37.6 Å². The molecule has 1 N–H and O–H groups in total. The summed E-state index contributed by atoms with van der Waals surface area (Å²) in [4.78, 5) is 34.8. The highest BCUT2D eigenvalue weighted by Gasteiger charge is 2.48. The minimum atomic E-state index is -1.01. The lowest BCUT2D eigenvalue weighted by atomic mass is 9.94. The van der Waals surface area contributed by atoms with Crippen molar-refractivity contribution in [1.29, 1.82) is 0 Å². The van der Waals surface area contributed by atoms with Crippen LogP contribution in [-0.2, 0) is 29.6 Å². The molecular formula is C24H21F2N3O2. The van der Waals surface area contributed by atoms with Crippen LogP contribution in [0.5, 0.6) is 0 Å². The Balaban J connectivity index is 1.38. The van der Waals surface area contributed by atoms with Gasteiger partial charge in [0.05, 0.1) is 29.6 Å². The van der Waals surface area contributed by atoms with Crippen LogP contribution in [0, 0.1) is 11.6 Å². The van der Waals surface area contributed by atoms with Crippen LogP contribution in [0.1, 0.15) is 41.1 Å². The molecule has 5 rings (SSSR count). The van der Waals surface area contributed by atoms with E-state index in [9.17, 15) is 18.4 Å². The van der Waals surface area contributed by atoms with Crippen LogP contribution in [-0.4, -0.2) is 27.3 Å². The molecule has 1 aromatic heterocycles. The molecular weight excluding hydrogens is 400 g/mol. The van der Waals surface area contributed by atoms with Gasteiger partial charge in [0, 0.05) is 18.5 Å². The van der Waals surface area contributed by atoms with Gasteiger partial charge in [-0.1, -0.05) is 42.5 Å². The lowest BCUT2D eigenvalue weighted by Gasteiger charge is -2.28. The molecule has 2 aromatic carbocycles. The Morgan fingerprint density at radius 2 is 1.87 bits per heavy atom. The molecule has 158 valence electrons. The minimum absolute atomic E-state index is 0.0108. The zero-order valence-electron chi connectivity index (χ0n) is 16.8. The number of aromatic nitrogens is 2. The summed E-state index contributed by atoms with van der Waals surface area (Å²) in [7, 11) is 0. The molecule has 2 aliphatic rings. The Morgan fingerprint density at radius 1 is 1.10 bits per heavy atom. The number of carbonyl (C=O) groups excluding carboxylic acids is 1. The highest BCUT2D eigenvalue weighted by Crippen LogP contribution is 2.51. The molecule has 5 nitrogen and oxygen atoms in total. The lowest BCUT2D eigenvalue weighted by Crippen LogP contribution is -2.41.